The van der Waals surface area contributed by atoms with Crippen molar-refractivity contribution in [3.05, 3.63) is 60.1 Å². The molecule has 25 heavy (non-hydrogen) atoms. The average molecular weight is 343 g/mol. The van der Waals surface area contributed by atoms with Gasteiger partial charge in [0, 0.05) is 13.0 Å². The summed E-state index contributed by atoms with van der Waals surface area (Å²) in [4.78, 5) is 36.1. The molecule has 0 saturated carbocycles. The maximum atomic E-state index is 12.4. The van der Waals surface area contributed by atoms with E-state index in [1.165, 1.54) is 12.3 Å². The Balaban J connectivity index is 2.04. The first-order chi connectivity index (χ1) is 12.1. The number of likely N-dealkylation sites (N-methyl/N-ethyl adjacent to an activating group) is 1. The highest BCUT2D eigenvalue weighted by molar-refractivity contribution is 5.96. The van der Waals surface area contributed by atoms with Crippen LogP contribution in [-0.2, 0) is 16.0 Å². The predicted octanol–water partition coefficient (Wildman–Crippen LogP) is 0.873. The van der Waals surface area contributed by atoms with Crippen LogP contribution in [0.5, 0.6) is 0 Å². The summed E-state index contributed by atoms with van der Waals surface area (Å²) in [6, 6.07) is 11.6. The number of nitrogens with one attached hydrogen (secondary N) is 3. The van der Waals surface area contributed by atoms with E-state index >= 15 is 0 Å². The molecule has 2 aromatic rings. The molecule has 2 rings (SSSR count). The van der Waals surface area contributed by atoms with Crippen molar-refractivity contribution in [2.45, 2.75) is 19.4 Å². The smallest absolute Gasteiger partial charge is 0.287 e. The third-order valence-electron chi connectivity index (χ3n) is 3.45. The summed E-state index contributed by atoms with van der Waals surface area (Å²) in [6.07, 6.45) is 1.69. The van der Waals surface area contributed by atoms with Gasteiger partial charge in [-0.1, -0.05) is 30.3 Å². The highest BCUT2D eigenvalue weighted by atomic mass is 16.3. The standard InChI is InChI=1S/C18H21N3O4/c1-2-19-16(22)12-20-17(23)14(11-13-7-4-3-5-8-13)21-18(24)15-9-6-10-25-15/h3-10,14H,2,11-12H2,1H3,(H,19,22)(H,20,23)(H,21,24)/t14-/m0/s1. The first-order valence-corrected chi connectivity index (χ1v) is 8.03. The van der Waals surface area contributed by atoms with Gasteiger partial charge in [-0.15, -0.1) is 0 Å². The second kappa shape index (κ2) is 9.27. The molecule has 1 heterocycles. The number of rotatable bonds is 8. The summed E-state index contributed by atoms with van der Waals surface area (Å²) in [5.41, 5.74) is 0.889. The summed E-state index contributed by atoms with van der Waals surface area (Å²) in [6.45, 7) is 2.13. The Morgan fingerprint density at radius 3 is 2.44 bits per heavy atom. The van der Waals surface area contributed by atoms with Crippen LogP contribution in [-0.4, -0.2) is 36.9 Å². The lowest BCUT2D eigenvalue weighted by atomic mass is 10.1. The van der Waals surface area contributed by atoms with Crippen molar-refractivity contribution in [3.8, 4) is 0 Å². The molecule has 1 aromatic carbocycles. The van der Waals surface area contributed by atoms with E-state index in [0.29, 0.717) is 13.0 Å². The van der Waals surface area contributed by atoms with E-state index in [1.54, 1.807) is 13.0 Å². The first-order valence-electron chi connectivity index (χ1n) is 8.03. The summed E-state index contributed by atoms with van der Waals surface area (Å²) < 4.78 is 5.05. The molecule has 0 aliphatic carbocycles. The molecule has 0 bridgehead atoms. The van der Waals surface area contributed by atoms with Crippen LogP contribution in [0, 0.1) is 0 Å². The maximum Gasteiger partial charge on any atom is 0.287 e. The van der Waals surface area contributed by atoms with Crippen molar-refractivity contribution in [3.63, 3.8) is 0 Å². The molecular weight excluding hydrogens is 322 g/mol. The summed E-state index contributed by atoms with van der Waals surface area (Å²) in [7, 11) is 0. The second-order valence-corrected chi connectivity index (χ2v) is 5.36. The SMILES string of the molecule is CCNC(=O)CNC(=O)[C@H](Cc1ccccc1)NC(=O)c1ccco1. The molecule has 0 radical (unpaired) electrons. The van der Waals surface area contributed by atoms with Crippen LogP contribution in [0.25, 0.3) is 0 Å². The fourth-order valence-electron chi connectivity index (χ4n) is 2.25. The molecular formula is C18H21N3O4. The lowest BCUT2D eigenvalue weighted by molar-refractivity contribution is -0.127. The highest BCUT2D eigenvalue weighted by Gasteiger charge is 2.23. The van der Waals surface area contributed by atoms with Gasteiger partial charge in [-0.2, -0.15) is 0 Å². The van der Waals surface area contributed by atoms with Crippen molar-refractivity contribution < 1.29 is 18.8 Å². The zero-order valence-corrected chi connectivity index (χ0v) is 14.0. The van der Waals surface area contributed by atoms with Crippen LogP contribution < -0.4 is 16.0 Å². The fraction of sp³-hybridized carbons (Fsp3) is 0.278. The Kier molecular flexibility index (Phi) is 6.76. The molecule has 3 N–H and O–H groups in total. The fourth-order valence-corrected chi connectivity index (χ4v) is 2.25. The largest absolute Gasteiger partial charge is 0.459 e. The monoisotopic (exact) mass is 343 g/mol. The van der Waals surface area contributed by atoms with Gasteiger partial charge in [0.25, 0.3) is 5.91 Å². The lowest BCUT2D eigenvalue weighted by Gasteiger charge is -2.18. The molecule has 0 saturated heterocycles. The Hall–Kier alpha value is -3.09. The van der Waals surface area contributed by atoms with Gasteiger partial charge in [-0.3, -0.25) is 14.4 Å². The lowest BCUT2D eigenvalue weighted by Crippen LogP contribution is -2.50. The van der Waals surface area contributed by atoms with Gasteiger partial charge in [0.1, 0.15) is 6.04 Å². The van der Waals surface area contributed by atoms with Crippen LogP contribution >= 0.6 is 0 Å². The molecule has 7 heteroatoms. The molecule has 0 fully saturated rings. The van der Waals surface area contributed by atoms with Crippen LogP contribution in [0.1, 0.15) is 23.0 Å². The quantitative estimate of drug-likeness (QED) is 0.662. The minimum atomic E-state index is -0.825. The Morgan fingerprint density at radius 1 is 1.04 bits per heavy atom. The van der Waals surface area contributed by atoms with Crippen molar-refractivity contribution in [1.82, 2.24) is 16.0 Å². The molecule has 1 aromatic heterocycles. The summed E-state index contributed by atoms with van der Waals surface area (Å²) in [5.74, 6) is -1.09. The number of hydrogen-bond acceptors (Lipinski definition) is 4. The molecule has 7 nitrogen and oxygen atoms in total. The van der Waals surface area contributed by atoms with Gasteiger partial charge < -0.3 is 20.4 Å². The molecule has 0 spiro atoms. The van der Waals surface area contributed by atoms with Crippen molar-refractivity contribution in [1.29, 1.82) is 0 Å². The predicted molar refractivity (Wildman–Crippen MR) is 91.8 cm³/mol. The topological polar surface area (TPSA) is 100 Å². The number of carbonyl (C=O) groups is 3. The van der Waals surface area contributed by atoms with Gasteiger partial charge in [-0.25, -0.2) is 0 Å². The summed E-state index contributed by atoms with van der Waals surface area (Å²) >= 11 is 0. The van der Waals surface area contributed by atoms with E-state index in [0.717, 1.165) is 5.56 Å². The van der Waals surface area contributed by atoms with Crippen molar-refractivity contribution in [2.24, 2.45) is 0 Å². The minimum absolute atomic E-state index is 0.120. The number of amides is 3. The van der Waals surface area contributed by atoms with E-state index < -0.39 is 17.9 Å². The van der Waals surface area contributed by atoms with E-state index in [4.69, 9.17) is 4.42 Å². The minimum Gasteiger partial charge on any atom is -0.459 e. The molecule has 0 aliphatic heterocycles. The first kappa shape index (κ1) is 18.3. The Labute approximate surface area is 145 Å². The zero-order chi connectivity index (χ0) is 18.1. The van der Waals surface area contributed by atoms with Gasteiger partial charge in [-0.05, 0) is 24.6 Å². The number of benzene rings is 1. The molecule has 0 aliphatic rings. The number of furan rings is 1. The second-order valence-electron chi connectivity index (χ2n) is 5.36. The number of hydrogen-bond donors (Lipinski definition) is 3. The van der Waals surface area contributed by atoms with E-state index in [2.05, 4.69) is 16.0 Å². The third kappa shape index (κ3) is 5.80. The zero-order valence-electron chi connectivity index (χ0n) is 14.0. The van der Waals surface area contributed by atoms with Gasteiger partial charge >= 0.3 is 0 Å². The highest BCUT2D eigenvalue weighted by Crippen LogP contribution is 2.06. The Bertz CT molecular complexity index is 698. The van der Waals surface area contributed by atoms with E-state index in [9.17, 15) is 14.4 Å². The van der Waals surface area contributed by atoms with Crippen LogP contribution in [0.3, 0.4) is 0 Å². The average Bonchev–Trinajstić information content (AvgIpc) is 3.15. The molecule has 0 unspecified atom stereocenters. The molecule has 3 amide bonds. The third-order valence-corrected chi connectivity index (χ3v) is 3.45. The molecule has 1 atom stereocenters. The number of carbonyl (C=O) groups excluding carboxylic acids is 3. The molecule has 132 valence electrons. The van der Waals surface area contributed by atoms with Crippen molar-refractivity contribution >= 4 is 17.7 Å². The van der Waals surface area contributed by atoms with Gasteiger partial charge in [0.15, 0.2) is 5.76 Å². The van der Waals surface area contributed by atoms with Gasteiger partial charge in [0.2, 0.25) is 11.8 Å². The maximum absolute atomic E-state index is 12.4. The van der Waals surface area contributed by atoms with Crippen LogP contribution in [0.15, 0.2) is 53.1 Å². The van der Waals surface area contributed by atoms with E-state index in [1.807, 2.05) is 30.3 Å². The van der Waals surface area contributed by atoms with Crippen LogP contribution in [0.4, 0.5) is 0 Å². The summed E-state index contributed by atoms with van der Waals surface area (Å²) in [5, 5.41) is 7.79. The van der Waals surface area contributed by atoms with E-state index in [-0.39, 0.29) is 18.2 Å². The Morgan fingerprint density at radius 2 is 1.80 bits per heavy atom. The normalized spacial score (nSPS) is 11.4. The van der Waals surface area contributed by atoms with Gasteiger partial charge in [0.05, 0.1) is 12.8 Å². The van der Waals surface area contributed by atoms with Crippen molar-refractivity contribution in [2.75, 3.05) is 13.1 Å². The van der Waals surface area contributed by atoms with Crippen LogP contribution in [0.2, 0.25) is 0 Å².